The van der Waals surface area contributed by atoms with Crippen LogP contribution in [-0.2, 0) is 12.7 Å². The zero-order chi connectivity index (χ0) is 31.0. The number of imidazole rings is 1. The lowest BCUT2D eigenvalue weighted by Gasteiger charge is -2.34. The molecule has 224 valence electrons. The van der Waals surface area contributed by atoms with Crippen LogP contribution < -0.4 is 0 Å². The van der Waals surface area contributed by atoms with Gasteiger partial charge < -0.3 is 9.30 Å². The third-order valence-corrected chi connectivity index (χ3v) is 7.71. The van der Waals surface area contributed by atoms with Crippen LogP contribution in [0.3, 0.4) is 0 Å². The second-order valence-corrected chi connectivity index (χ2v) is 10.5. The Kier molecular flexibility index (Phi) is 7.60. The maximum Gasteiger partial charge on any atom is 0.416 e. The molecular weight excluding hydrogens is 578 g/mol. The molecule has 12 heteroatoms. The summed E-state index contributed by atoms with van der Waals surface area (Å²) in [6, 6.07) is 20.4. The van der Waals surface area contributed by atoms with E-state index in [0.717, 1.165) is 12.1 Å². The van der Waals surface area contributed by atoms with Crippen molar-refractivity contribution < 1.29 is 27.3 Å². The van der Waals surface area contributed by atoms with Crippen LogP contribution in [0.4, 0.5) is 23.2 Å². The SMILES string of the molecule is O=C(c1ccccc1F)N1CCN(Cc2c(-c3cccc([N+](=O)[O-])c3)nc3ccc(-c4cccc(C(F)(F)F)c4)cn23)CC1. The quantitative estimate of drug-likeness (QED) is 0.123. The molecule has 1 fully saturated rings. The minimum atomic E-state index is -4.49. The number of non-ortho nitro benzene ring substituents is 1. The molecule has 0 bridgehead atoms. The van der Waals surface area contributed by atoms with Gasteiger partial charge in [0.15, 0.2) is 0 Å². The van der Waals surface area contributed by atoms with Gasteiger partial charge in [-0.05, 0) is 47.5 Å². The van der Waals surface area contributed by atoms with Gasteiger partial charge in [-0.1, -0.05) is 36.4 Å². The molecule has 1 saturated heterocycles. The lowest BCUT2D eigenvalue weighted by molar-refractivity contribution is -0.384. The fourth-order valence-electron chi connectivity index (χ4n) is 5.41. The number of halogens is 4. The molecule has 0 spiro atoms. The van der Waals surface area contributed by atoms with Gasteiger partial charge in [-0.15, -0.1) is 0 Å². The Morgan fingerprint density at radius 3 is 2.32 bits per heavy atom. The summed E-state index contributed by atoms with van der Waals surface area (Å²) in [7, 11) is 0. The number of nitro benzene ring substituents is 1. The van der Waals surface area contributed by atoms with E-state index in [2.05, 4.69) is 4.90 Å². The zero-order valence-electron chi connectivity index (χ0n) is 23.2. The number of hydrogen-bond donors (Lipinski definition) is 0. The number of pyridine rings is 1. The summed E-state index contributed by atoms with van der Waals surface area (Å²) in [6.07, 6.45) is -2.78. The number of piperazine rings is 1. The Bertz CT molecular complexity index is 1880. The van der Waals surface area contributed by atoms with Crippen molar-refractivity contribution in [1.29, 1.82) is 0 Å². The number of amides is 1. The predicted molar refractivity (Wildman–Crippen MR) is 155 cm³/mol. The van der Waals surface area contributed by atoms with Crippen LogP contribution in [0.25, 0.3) is 28.0 Å². The predicted octanol–water partition coefficient (Wildman–Crippen LogP) is 6.69. The first-order chi connectivity index (χ1) is 21.1. The lowest BCUT2D eigenvalue weighted by atomic mass is 10.0. The first kappa shape index (κ1) is 29.0. The smallest absolute Gasteiger partial charge is 0.336 e. The summed E-state index contributed by atoms with van der Waals surface area (Å²) < 4.78 is 56.3. The highest BCUT2D eigenvalue weighted by Crippen LogP contribution is 2.34. The maximum absolute atomic E-state index is 14.2. The second kappa shape index (κ2) is 11.5. The van der Waals surface area contributed by atoms with Crippen LogP contribution in [0.15, 0.2) is 91.1 Å². The van der Waals surface area contributed by atoms with Gasteiger partial charge >= 0.3 is 6.18 Å². The molecule has 1 aliphatic rings. The van der Waals surface area contributed by atoms with Crippen LogP contribution in [0, 0.1) is 15.9 Å². The van der Waals surface area contributed by atoms with Crippen molar-refractivity contribution in [3.05, 3.63) is 124 Å². The molecule has 1 aliphatic heterocycles. The number of aromatic nitrogens is 2. The largest absolute Gasteiger partial charge is 0.416 e. The van der Waals surface area contributed by atoms with Gasteiger partial charge in [-0.3, -0.25) is 19.8 Å². The van der Waals surface area contributed by atoms with Gasteiger partial charge in [-0.2, -0.15) is 13.2 Å². The summed E-state index contributed by atoms with van der Waals surface area (Å²) in [5.41, 5.74) is 2.28. The van der Waals surface area contributed by atoms with Gasteiger partial charge in [0, 0.05) is 56.6 Å². The van der Waals surface area contributed by atoms with Gasteiger partial charge in [-0.25, -0.2) is 9.37 Å². The van der Waals surface area contributed by atoms with Crippen LogP contribution in [0.5, 0.6) is 0 Å². The normalized spacial score (nSPS) is 14.2. The number of alkyl halides is 3. The highest BCUT2D eigenvalue weighted by molar-refractivity contribution is 5.94. The topological polar surface area (TPSA) is 84.0 Å². The summed E-state index contributed by atoms with van der Waals surface area (Å²) in [6.45, 7) is 1.98. The van der Waals surface area contributed by atoms with E-state index in [1.165, 1.54) is 36.4 Å². The minimum absolute atomic E-state index is 0.0119. The highest BCUT2D eigenvalue weighted by atomic mass is 19.4. The van der Waals surface area contributed by atoms with Crippen LogP contribution in [0.2, 0.25) is 0 Å². The molecule has 44 heavy (non-hydrogen) atoms. The third-order valence-electron chi connectivity index (χ3n) is 7.71. The molecule has 0 atom stereocenters. The van der Waals surface area contributed by atoms with Crippen LogP contribution in [0.1, 0.15) is 21.6 Å². The first-order valence-electron chi connectivity index (χ1n) is 13.8. The molecule has 1 amide bonds. The standard InChI is InChI=1S/C32H25F4N5O3/c33-27-10-2-1-9-26(27)31(42)39-15-13-38(14-16-39)20-28-30(22-6-4-8-25(18-22)41(43)44)37-29-12-11-23(19-40(28)29)21-5-3-7-24(17-21)32(34,35)36/h1-12,17-19H,13-16,20H2. The first-order valence-corrected chi connectivity index (χ1v) is 13.8. The van der Waals surface area contributed by atoms with Gasteiger partial charge in [0.1, 0.15) is 11.5 Å². The fourth-order valence-corrected chi connectivity index (χ4v) is 5.41. The number of nitrogens with zero attached hydrogens (tertiary/aromatic N) is 5. The lowest BCUT2D eigenvalue weighted by Crippen LogP contribution is -2.48. The third kappa shape index (κ3) is 5.76. The monoisotopic (exact) mass is 603 g/mol. The van der Waals surface area contributed by atoms with E-state index >= 15 is 0 Å². The fraction of sp³-hybridized carbons (Fsp3) is 0.188. The minimum Gasteiger partial charge on any atom is -0.336 e. The van der Waals surface area contributed by atoms with Gasteiger partial charge in [0.2, 0.25) is 0 Å². The van der Waals surface area contributed by atoms with Crippen molar-refractivity contribution >= 4 is 17.2 Å². The molecule has 5 aromatic rings. The second-order valence-electron chi connectivity index (χ2n) is 10.5. The van der Waals surface area contributed by atoms with E-state index in [9.17, 15) is 32.5 Å². The molecule has 0 aliphatic carbocycles. The summed E-state index contributed by atoms with van der Waals surface area (Å²) in [4.78, 5) is 32.4. The average Bonchev–Trinajstić information content (AvgIpc) is 3.38. The Hall–Kier alpha value is -5.10. The van der Waals surface area contributed by atoms with Crippen molar-refractivity contribution in [2.24, 2.45) is 0 Å². The Morgan fingerprint density at radius 2 is 1.59 bits per heavy atom. The number of fused-ring (bicyclic) bond motifs is 1. The zero-order valence-corrected chi connectivity index (χ0v) is 23.2. The molecule has 6 rings (SSSR count). The van der Waals surface area contributed by atoms with Crippen molar-refractivity contribution in [1.82, 2.24) is 19.2 Å². The molecular formula is C32H25F4N5O3. The number of carbonyl (C=O) groups is 1. The molecule has 3 aromatic carbocycles. The van der Waals surface area contributed by atoms with E-state index < -0.39 is 22.5 Å². The van der Waals surface area contributed by atoms with Crippen molar-refractivity contribution in [2.75, 3.05) is 26.2 Å². The summed E-state index contributed by atoms with van der Waals surface area (Å²) >= 11 is 0. The van der Waals surface area contributed by atoms with E-state index in [4.69, 9.17) is 4.98 Å². The van der Waals surface area contributed by atoms with Crippen LogP contribution in [-0.4, -0.2) is 56.2 Å². The van der Waals surface area contributed by atoms with Gasteiger partial charge in [0.25, 0.3) is 11.6 Å². The number of benzene rings is 3. The Morgan fingerprint density at radius 1 is 0.864 bits per heavy atom. The van der Waals surface area contributed by atoms with E-state index in [0.29, 0.717) is 66.4 Å². The molecule has 0 N–H and O–H groups in total. The van der Waals surface area contributed by atoms with Crippen molar-refractivity contribution in [3.63, 3.8) is 0 Å². The van der Waals surface area contributed by atoms with Crippen LogP contribution >= 0.6 is 0 Å². The van der Waals surface area contributed by atoms with E-state index in [1.807, 2.05) is 0 Å². The average molecular weight is 604 g/mol. The molecule has 2 aromatic heterocycles. The number of nitro groups is 1. The number of carbonyl (C=O) groups excluding carboxylic acids is 1. The Balaban J connectivity index is 1.35. The molecule has 8 nitrogen and oxygen atoms in total. The van der Waals surface area contributed by atoms with E-state index in [1.54, 1.807) is 51.9 Å². The van der Waals surface area contributed by atoms with Gasteiger partial charge in [0.05, 0.1) is 27.4 Å². The van der Waals surface area contributed by atoms with E-state index in [-0.39, 0.29) is 17.2 Å². The number of rotatable bonds is 6. The number of hydrogen-bond acceptors (Lipinski definition) is 5. The van der Waals surface area contributed by atoms with Crippen molar-refractivity contribution in [3.8, 4) is 22.4 Å². The summed E-state index contributed by atoms with van der Waals surface area (Å²) in [5, 5.41) is 11.5. The molecule has 3 heterocycles. The maximum atomic E-state index is 14.2. The molecule has 0 saturated carbocycles. The highest BCUT2D eigenvalue weighted by Gasteiger charge is 2.31. The van der Waals surface area contributed by atoms with Crippen molar-refractivity contribution in [2.45, 2.75) is 12.7 Å². The molecule has 0 unspecified atom stereocenters. The molecule has 0 radical (unpaired) electrons. The Labute approximate surface area is 248 Å². The summed E-state index contributed by atoms with van der Waals surface area (Å²) in [5.74, 6) is -0.968.